The Balaban J connectivity index is 1.87. The summed E-state index contributed by atoms with van der Waals surface area (Å²) >= 11 is 0. The van der Waals surface area contributed by atoms with E-state index in [0.717, 1.165) is 16.7 Å². The van der Waals surface area contributed by atoms with Crippen LogP contribution < -0.4 is 0 Å². The van der Waals surface area contributed by atoms with Crippen molar-refractivity contribution in [3.05, 3.63) is 90.3 Å². The summed E-state index contributed by atoms with van der Waals surface area (Å²) in [5.41, 5.74) is 4.07. The fraction of sp³-hybridized carbons (Fsp3) is 0.0556. The van der Waals surface area contributed by atoms with Crippen molar-refractivity contribution in [3.8, 4) is 11.1 Å². The lowest BCUT2D eigenvalue weighted by molar-refractivity contribution is 0.220. The maximum Gasteiger partial charge on any atom is 0.104 e. The lowest BCUT2D eigenvalue weighted by atomic mass is 9.99. The summed E-state index contributed by atoms with van der Waals surface area (Å²) < 4.78 is 0. The second-order valence-electron chi connectivity index (χ2n) is 4.67. The van der Waals surface area contributed by atoms with Gasteiger partial charge in [0.15, 0.2) is 0 Å². The molecule has 1 aromatic heterocycles. The summed E-state index contributed by atoms with van der Waals surface area (Å²) in [4.78, 5) is 3.96. The van der Waals surface area contributed by atoms with Crippen LogP contribution in [-0.2, 0) is 0 Å². The molecule has 0 saturated heterocycles. The second-order valence-corrected chi connectivity index (χ2v) is 4.67. The van der Waals surface area contributed by atoms with E-state index in [1.807, 2.05) is 54.6 Å². The lowest BCUT2D eigenvalue weighted by Gasteiger charge is -2.12. The first kappa shape index (κ1) is 12.6. The highest BCUT2D eigenvalue weighted by molar-refractivity contribution is 5.63. The average molecular weight is 261 g/mol. The third-order valence-electron chi connectivity index (χ3n) is 3.36. The Bertz CT molecular complexity index is 663. The Hall–Kier alpha value is -2.45. The zero-order valence-corrected chi connectivity index (χ0v) is 11.0. The highest BCUT2D eigenvalue weighted by Crippen LogP contribution is 2.25. The van der Waals surface area contributed by atoms with Gasteiger partial charge in [-0.25, -0.2) is 0 Å². The zero-order valence-electron chi connectivity index (χ0n) is 11.0. The molecule has 1 atom stereocenters. The van der Waals surface area contributed by atoms with Gasteiger partial charge in [0, 0.05) is 12.4 Å². The summed E-state index contributed by atoms with van der Waals surface area (Å²) in [7, 11) is 0. The second kappa shape index (κ2) is 5.68. The van der Waals surface area contributed by atoms with Crippen LogP contribution in [0.25, 0.3) is 11.1 Å². The number of aromatic nitrogens is 1. The highest BCUT2D eigenvalue weighted by atomic mass is 16.3. The first-order valence-electron chi connectivity index (χ1n) is 6.58. The van der Waals surface area contributed by atoms with Gasteiger partial charge in [0.05, 0.1) is 0 Å². The number of rotatable bonds is 3. The predicted molar refractivity (Wildman–Crippen MR) is 80.2 cm³/mol. The molecule has 2 heteroatoms. The van der Waals surface area contributed by atoms with Crippen LogP contribution in [0.4, 0.5) is 0 Å². The van der Waals surface area contributed by atoms with Gasteiger partial charge in [0.2, 0.25) is 0 Å². The van der Waals surface area contributed by atoms with E-state index in [0.29, 0.717) is 0 Å². The summed E-state index contributed by atoms with van der Waals surface area (Å²) in [5, 5.41) is 10.3. The van der Waals surface area contributed by atoms with Gasteiger partial charge >= 0.3 is 0 Å². The van der Waals surface area contributed by atoms with E-state index >= 15 is 0 Å². The summed E-state index contributed by atoms with van der Waals surface area (Å²) in [5.74, 6) is 0. The van der Waals surface area contributed by atoms with Crippen LogP contribution in [-0.4, -0.2) is 10.1 Å². The van der Waals surface area contributed by atoms with Gasteiger partial charge < -0.3 is 5.11 Å². The molecular weight excluding hydrogens is 246 g/mol. The monoisotopic (exact) mass is 261 g/mol. The topological polar surface area (TPSA) is 33.1 Å². The number of benzene rings is 2. The van der Waals surface area contributed by atoms with Gasteiger partial charge in [-0.2, -0.15) is 0 Å². The summed E-state index contributed by atoms with van der Waals surface area (Å²) in [6.07, 6.45) is 2.77. The molecule has 1 heterocycles. The average Bonchev–Trinajstić information content (AvgIpc) is 2.56. The molecule has 0 aliphatic carbocycles. The molecule has 0 bridgehead atoms. The molecule has 0 aliphatic rings. The summed E-state index contributed by atoms with van der Waals surface area (Å²) in [6.45, 7) is 0. The van der Waals surface area contributed by atoms with E-state index in [9.17, 15) is 5.11 Å². The first-order valence-corrected chi connectivity index (χ1v) is 6.58. The number of hydrogen-bond acceptors (Lipinski definition) is 2. The van der Waals surface area contributed by atoms with E-state index in [-0.39, 0.29) is 0 Å². The molecule has 0 aliphatic heterocycles. The molecule has 0 fully saturated rings. The first-order chi connectivity index (χ1) is 9.84. The molecule has 1 unspecified atom stereocenters. The molecule has 20 heavy (non-hydrogen) atoms. The number of hydrogen-bond donors (Lipinski definition) is 1. The molecule has 0 saturated carbocycles. The number of nitrogens with zero attached hydrogens (tertiary/aromatic N) is 1. The van der Waals surface area contributed by atoms with Crippen LogP contribution in [0.2, 0.25) is 0 Å². The van der Waals surface area contributed by atoms with Crippen LogP contribution in [0, 0.1) is 0 Å². The highest BCUT2D eigenvalue weighted by Gasteiger charge is 2.09. The van der Waals surface area contributed by atoms with Crippen molar-refractivity contribution in [2.24, 2.45) is 0 Å². The Labute approximate surface area is 118 Å². The maximum atomic E-state index is 10.3. The molecule has 3 aromatic rings. The lowest BCUT2D eigenvalue weighted by Crippen LogP contribution is -1.99. The van der Waals surface area contributed by atoms with Crippen molar-refractivity contribution in [2.75, 3.05) is 0 Å². The number of aliphatic hydroxyl groups excluding tert-OH is 1. The Kier molecular flexibility index (Phi) is 3.57. The minimum atomic E-state index is -0.608. The third kappa shape index (κ3) is 2.60. The molecule has 98 valence electrons. The van der Waals surface area contributed by atoms with E-state index in [1.54, 1.807) is 12.4 Å². The van der Waals surface area contributed by atoms with E-state index in [2.05, 4.69) is 17.1 Å². The molecule has 0 amide bonds. The third-order valence-corrected chi connectivity index (χ3v) is 3.36. The van der Waals surface area contributed by atoms with Gasteiger partial charge in [-0.05, 0) is 34.4 Å². The smallest absolute Gasteiger partial charge is 0.104 e. The van der Waals surface area contributed by atoms with Crippen molar-refractivity contribution in [2.45, 2.75) is 6.10 Å². The Morgan fingerprint density at radius 1 is 0.650 bits per heavy atom. The maximum absolute atomic E-state index is 10.3. The molecule has 3 rings (SSSR count). The number of aliphatic hydroxyl groups is 1. The van der Waals surface area contributed by atoms with E-state index < -0.39 is 6.10 Å². The van der Waals surface area contributed by atoms with Crippen molar-refractivity contribution < 1.29 is 5.11 Å². The molecule has 1 N–H and O–H groups in total. The van der Waals surface area contributed by atoms with Crippen LogP contribution in [0.5, 0.6) is 0 Å². The van der Waals surface area contributed by atoms with Crippen LogP contribution in [0.3, 0.4) is 0 Å². The quantitative estimate of drug-likeness (QED) is 0.777. The van der Waals surface area contributed by atoms with Gasteiger partial charge in [-0.3, -0.25) is 4.98 Å². The van der Waals surface area contributed by atoms with Crippen LogP contribution >= 0.6 is 0 Å². The normalized spacial score (nSPS) is 12.1. The predicted octanol–water partition coefficient (Wildman–Crippen LogP) is 3.83. The van der Waals surface area contributed by atoms with Gasteiger partial charge in [-0.15, -0.1) is 0 Å². The van der Waals surface area contributed by atoms with Crippen molar-refractivity contribution in [3.63, 3.8) is 0 Å². The molecular formula is C18H15NO. The van der Waals surface area contributed by atoms with Crippen molar-refractivity contribution >= 4 is 0 Å². The summed E-state index contributed by atoms with van der Waals surface area (Å²) in [6, 6.07) is 21.9. The zero-order chi connectivity index (χ0) is 13.8. The Morgan fingerprint density at radius 2 is 1.20 bits per heavy atom. The van der Waals surface area contributed by atoms with Crippen molar-refractivity contribution in [1.29, 1.82) is 0 Å². The van der Waals surface area contributed by atoms with Gasteiger partial charge in [0.1, 0.15) is 6.10 Å². The van der Waals surface area contributed by atoms with E-state index in [1.165, 1.54) is 5.56 Å². The van der Waals surface area contributed by atoms with Gasteiger partial charge in [-0.1, -0.05) is 54.6 Å². The van der Waals surface area contributed by atoms with E-state index in [4.69, 9.17) is 0 Å². The fourth-order valence-electron chi connectivity index (χ4n) is 2.23. The van der Waals surface area contributed by atoms with Gasteiger partial charge in [0.25, 0.3) is 0 Å². The SMILES string of the molecule is OC(c1ccncc1)c1ccc(-c2ccccc2)cc1. The molecule has 2 aromatic carbocycles. The standard InChI is InChI=1S/C18H15NO/c20-18(17-10-12-19-13-11-17)16-8-6-15(7-9-16)14-4-2-1-3-5-14/h1-13,18,20H. The Morgan fingerprint density at radius 3 is 1.85 bits per heavy atom. The minimum absolute atomic E-state index is 0.608. The fourth-order valence-corrected chi connectivity index (χ4v) is 2.23. The molecule has 0 radical (unpaired) electrons. The minimum Gasteiger partial charge on any atom is -0.384 e. The largest absolute Gasteiger partial charge is 0.384 e. The number of pyridine rings is 1. The van der Waals surface area contributed by atoms with Crippen LogP contribution in [0.1, 0.15) is 17.2 Å². The molecule has 0 spiro atoms. The van der Waals surface area contributed by atoms with Crippen molar-refractivity contribution in [1.82, 2.24) is 4.98 Å². The van der Waals surface area contributed by atoms with Crippen LogP contribution in [0.15, 0.2) is 79.1 Å². The molecule has 2 nitrogen and oxygen atoms in total.